The van der Waals surface area contributed by atoms with E-state index in [0.29, 0.717) is 13.0 Å². The maximum Gasteiger partial charge on any atom is 0.407 e. The molecule has 1 aliphatic rings. The van der Waals surface area contributed by atoms with Gasteiger partial charge < -0.3 is 10.0 Å². The zero-order valence-corrected chi connectivity index (χ0v) is 11.0. The molecule has 1 fully saturated rings. The van der Waals surface area contributed by atoms with Gasteiger partial charge in [-0.25, -0.2) is 14.8 Å². The minimum absolute atomic E-state index is 0.145. The molecular weight excluding hydrogens is 272 g/mol. The maximum absolute atomic E-state index is 12.2. The largest absolute Gasteiger partial charge is 0.465 e. The van der Waals surface area contributed by atoms with Crippen molar-refractivity contribution in [3.05, 3.63) is 17.5 Å². The Bertz CT molecular complexity index is 510. The highest BCUT2D eigenvalue weighted by molar-refractivity contribution is 6.32. The number of anilines is 1. The minimum Gasteiger partial charge on any atom is -0.465 e. The molecule has 1 aromatic heterocycles. The van der Waals surface area contributed by atoms with Gasteiger partial charge in [0.25, 0.3) is 0 Å². The molecule has 2 heterocycles. The summed E-state index contributed by atoms with van der Waals surface area (Å²) in [5, 5.41) is 9.01. The van der Waals surface area contributed by atoms with Gasteiger partial charge in [0.1, 0.15) is 0 Å². The van der Waals surface area contributed by atoms with E-state index in [2.05, 4.69) is 9.97 Å². The first-order valence-electron chi connectivity index (χ1n) is 5.72. The van der Waals surface area contributed by atoms with Crippen molar-refractivity contribution in [2.24, 2.45) is 5.92 Å². The fourth-order valence-corrected chi connectivity index (χ4v) is 2.28. The Hall–Kier alpha value is -1.89. The van der Waals surface area contributed by atoms with Gasteiger partial charge in [0.05, 0.1) is 5.92 Å². The van der Waals surface area contributed by atoms with Crippen molar-refractivity contribution in [2.75, 3.05) is 25.0 Å². The second-order valence-corrected chi connectivity index (χ2v) is 4.64. The van der Waals surface area contributed by atoms with Crippen molar-refractivity contribution in [2.45, 2.75) is 6.42 Å². The zero-order chi connectivity index (χ0) is 14.0. The first kappa shape index (κ1) is 13.5. The third kappa shape index (κ3) is 2.76. The number of hydrogen-bond acceptors (Lipinski definition) is 4. The van der Waals surface area contributed by atoms with Crippen LogP contribution in [-0.4, -0.2) is 52.1 Å². The number of rotatable bonds is 2. The summed E-state index contributed by atoms with van der Waals surface area (Å²) in [6.45, 7) is 0.574. The Morgan fingerprint density at radius 3 is 2.74 bits per heavy atom. The van der Waals surface area contributed by atoms with Crippen molar-refractivity contribution in [3.8, 4) is 0 Å². The Morgan fingerprint density at radius 2 is 2.16 bits per heavy atom. The van der Waals surface area contributed by atoms with Crippen LogP contribution in [0.3, 0.4) is 0 Å². The molecule has 0 aromatic carbocycles. The molecule has 1 saturated heterocycles. The fourth-order valence-electron chi connectivity index (χ4n) is 2.05. The second kappa shape index (κ2) is 5.40. The Balaban J connectivity index is 2.09. The molecule has 2 rings (SSSR count). The lowest BCUT2D eigenvalue weighted by Crippen LogP contribution is -2.36. The van der Waals surface area contributed by atoms with Crippen molar-refractivity contribution < 1.29 is 14.7 Å². The van der Waals surface area contributed by atoms with E-state index in [-0.39, 0.29) is 29.3 Å². The van der Waals surface area contributed by atoms with Crippen LogP contribution in [0.4, 0.5) is 10.6 Å². The lowest BCUT2D eigenvalue weighted by atomic mass is 10.1. The Kier molecular flexibility index (Phi) is 3.84. The van der Waals surface area contributed by atoms with Crippen LogP contribution in [0.15, 0.2) is 12.4 Å². The quantitative estimate of drug-likeness (QED) is 0.878. The fraction of sp³-hybridized carbons (Fsp3) is 0.455. The van der Waals surface area contributed by atoms with Crippen LogP contribution in [0.2, 0.25) is 5.15 Å². The van der Waals surface area contributed by atoms with Crippen molar-refractivity contribution in [1.82, 2.24) is 14.9 Å². The molecule has 19 heavy (non-hydrogen) atoms. The van der Waals surface area contributed by atoms with Gasteiger partial charge in [-0.05, 0) is 6.42 Å². The number of hydrogen-bond donors (Lipinski definition) is 1. The molecule has 0 saturated carbocycles. The molecule has 102 valence electrons. The lowest BCUT2D eigenvalue weighted by Gasteiger charge is -2.20. The van der Waals surface area contributed by atoms with Gasteiger partial charge >= 0.3 is 6.09 Å². The number of amides is 2. The van der Waals surface area contributed by atoms with E-state index in [4.69, 9.17) is 16.7 Å². The van der Waals surface area contributed by atoms with E-state index in [9.17, 15) is 9.59 Å². The summed E-state index contributed by atoms with van der Waals surface area (Å²) in [7, 11) is 1.56. The lowest BCUT2D eigenvalue weighted by molar-refractivity contribution is -0.121. The number of carboxylic acid groups (broad SMARTS) is 1. The van der Waals surface area contributed by atoms with Gasteiger partial charge in [-0.3, -0.25) is 9.69 Å². The van der Waals surface area contributed by atoms with Crippen LogP contribution in [0, 0.1) is 5.92 Å². The normalized spacial score (nSPS) is 18.4. The molecule has 1 N–H and O–H groups in total. The topological polar surface area (TPSA) is 86.6 Å². The zero-order valence-electron chi connectivity index (χ0n) is 10.3. The number of aromatic nitrogens is 2. The van der Waals surface area contributed by atoms with E-state index >= 15 is 0 Å². The van der Waals surface area contributed by atoms with Crippen molar-refractivity contribution in [3.63, 3.8) is 0 Å². The van der Waals surface area contributed by atoms with E-state index in [0.717, 1.165) is 0 Å². The molecule has 8 heteroatoms. The van der Waals surface area contributed by atoms with Crippen LogP contribution in [0.1, 0.15) is 6.42 Å². The molecular formula is C11H13ClN4O3. The van der Waals surface area contributed by atoms with Gasteiger partial charge in [0, 0.05) is 32.5 Å². The molecule has 1 atom stereocenters. The summed E-state index contributed by atoms with van der Waals surface area (Å²) in [6, 6.07) is 0. The van der Waals surface area contributed by atoms with Gasteiger partial charge in [0.15, 0.2) is 11.0 Å². The van der Waals surface area contributed by atoms with E-state index in [1.165, 1.54) is 22.2 Å². The van der Waals surface area contributed by atoms with Gasteiger partial charge in [0.2, 0.25) is 5.91 Å². The molecule has 2 amide bonds. The average molecular weight is 285 g/mol. The summed E-state index contributed by atoms with van der Waals surface area (Å²) in [5.74, 6) is -0.284. The predicted molar refractivity (Wildman–Crippen MR) is 68.2 cm³/mol. The first-order chi connectivity index (χ1) is 9.00. The predicted octanol–water partition coefficient (Wildman–Crippen LogP) is 1.09. The standard InChI is InChI=1S/C11H13ClN4O3/c1-15(9-8(12)13-3-4-14-9)10(17)7-2-5-16(6-7)11(18)19/h3-4,7H,2,5-6H2,1H3,(H,18,19)/t7-/m0/s1. The number of likely N-dealkylation sites (tertiary alicyclic amines) is 1. The molecule has 0 unspecified atom stereocenters. The summed E-state index contributed by atoms with van der Waals surface area (Å²) in [4.78, 5) is 33.5. The molecule has 1 aromatic rings. The second-order valence-electron chi connectivity index (χ2n) is 4.28. The highest BCUT2D eigenvalue weighted by Gasteiger charge is 2.33. The van der Waals surface area contributed by atoms with Crippen molar-refractivity contribution in [1.29, 1.82) is 0 Å². The van der Waals surface area contributed by atoms with Crippen LogP contribution >= 0.6 is 11.6 Å². The number of halogens is 1. The molecule has 0 bridgehead atoms. The summed E-state index contributed by atoms with van der Waals surface area (Å²) < 4.78 is 0. The van der Waals surface area contributed by atoms with E-state index in [1.807, 2.05) is 0 Å². The highest BCUT2D eigenvalue weighted by atomic mass is 35.5. The SMILES string of the molecule is CN(C(=O)[C@H]1CCN(C(=O)O)C1)c1nccnc1Cl. The molecule has 0 aliphatic carbocycles. The van der Waals surface area contributed by atoms with Gasteiger partial charge in [-0.2, -0.15) is 0 Å². The van der Waals surface area contributed by atoms with Crippen LogP contribution < -0.4 is 4.90 Å². The Morgan fingerprint density at radius 1 is 1.47 bits per heavy atom. The summed E-state index contributed by atoms with van der Waals surface area (Å²) in [6.07, 6.45) is 2.39. The minimum atomic E-state index is -1.00. The first-order valence-corrected chi connectivity index (χ1v) is 6.10. The summed E-state index contributed by atoms with van der Waals surface area (Å²) in [5.41, 5.74) is 0. The maximum atomic E-state index is 12.2. The molecule has 7 nitrogen and oxygen atoms in total. The smallest absolute Gasteiger partial charge is 0.407 e. The third-order valence-electron chi connectivity index (χ3n) is 3.09. The van der Waals surface area contributed by atoms with E-state index in [1.54, 1.807) is 7.05 Å². The number of carbonyl (C=O) groups is 2. The van der Waals surface area contributed by atoms with Crippen molar-refractivity contribution >= 4 is 29.4 Å². The molecule has 1 aliphatic heterocycles. The van der Waals surface area contributed by atoms with Gasteiger partial charge in [-0.1, -0.05) is 11.6 Å². The van der Waals surface area contributed by atoms with Crippen LogP contribution in [0.25, 0.3) is 0 Å². The Labute approximate surface area is 114 Å². The number of nitrogens with zero attached hydrogens (tertiary/aromatic N) is 4. The summed E-state index contributed by atoms with van der Waals surface area (Å²) >= 11 is 5.88. The van der Waals surface area contributed by atoms with Crippen LogP contribution in [0.5, 0.6) is 0 Å². The van der Waals surface area contributed by atoms with Gasteiger partial charge in [-0.15, -0.1) is 0 Å². The highest BCUT2D eigenvalue weighted by Crippen LogP contribution is 2.24. The number of carbonyl (C=O) groups excluding carboxylic acids is 1. The average Bonchev–Trinajstić information content (AvgIpc) is 2.87. The van der Waals surface area contributed by atoms with E-state index < -0.39 is 6.09 Å². The monoisotopic (exact) mass is 284 g/mol. The van der Waals surface area contributed by atoms with Crippen LogP contribution in [-0.2, 0) is 4.79 Å². The molecule has 0 spiro atoms. The molecule has 0 radical (unpaired) electrons. The third-order valence-corrected chi connectivity index (χ3v) is 3.36.